The molecule has 1 aromatic heterocycles. The average molecular weight is 391 g/mol. The Morgan fingerprint density at radius 2 is 2.15 bits per heavy atom. The highest BCUT2D eigenvalue weighted by molar-refractivity contribution is 6.43. The molecule has 26 heavy (non-hydrogen) atoms. The lowest BCUT2D eigenvalue weighted by Gasteiger charge is -2.15. The number of fused-ring (bicyclic) bond motifs is 1. The van der Waals surface area contributed by atoms with Crippen LogP contribution in [0.5, 0.6) is 0 Å². The van der Waals surface area contributed by atoms with Crippen LogP contribution in [-0.4, -0.2) is 12.1 Å². The molecular weight excluding hydrogens is 371 g/mol. The van der Waals surface area contributed by atoms with Gasteiger partial charge in [0.2, 0.25) is 5.91 Å². The molecule has 4 rings (SSSR count). The molecule has 4 nitrogen and oxygen atoms in total. The van der Waals surface area contributed by atoms with E-state index in [1.54, 1.807) is 18.2 Å². The molecule has 0 unspecified atom stereocenters. The number of rotatable bonds is 4. The van der Waals surface area contributed by atoms with Gasteiger partial charge in [0.1, 0.15) is 11.5 Å². The van der Waals surface area contributed by atoms with Crippen molar-refractivity contribution in [1.82, 2.24) is 5.43 Å². The van der Waals surface area contributed by atoms with E-state index in [4.69, 9.17) is 27.6 Å². The molecule has 1 heterocycles. The van der Waals surface area contributed by atoms with E-state index in [1.807, 2.05) is 12.1 Å². The van der Waals surface area contributed by atoms with E-state index in [-0.39, 0.29) is 17.2 Å². The van der Waals surface area contributed by atoms with Crippen molar-refractivity contribution in [1.29, 1.82) is 0 Å². The summed E-state index contributed by atoms with van der Waals surface area (Å²) in [5.74, 6) is 1.77. The third kappa shape index (κ3) is 3.06. The molecule has 2 aliphatic carbocycles. The van der Waals surface area contributed by atoms with Crippen molar-refractivity contribution in [3.63, 3.8) is 0 Å². The maximum Gasteiger partial charge on any atom is 0.244 e. The van der Waals surface area contributed by atoms with Crippen molar-refractivity contribution < 1.29 is 9.21 Å². The van der Waals surface area contributed by atoms with E-state index in [2.05, 4.69) is 17.5 Å². The summed E-state index contributed by atoms with van der Waals surface area (Å²) in [5, 5.41) is 4.98. The number of benzene rings is 1. The molecular formula is C20H20Cl2N2O2. The standard InChI is InChI=1S/C20H20Cl2N2O2/c1-20-10-3-2-6-14(20)17(20)19(25)24-23-11-12-8-9-16(26-12)13-5-4-7-15(21)18(13)22/h4-5,7-9,11,14,17H,2-3,6,10H2,1H3,(H,24,25)/b23-11-/t14-,17+,20+/m1/s1. The van der Waals surface area contributed by atoms with Gasteiger partial charge in [0.25, 0.3) is 0 Å². The SMILES string of the molecule is C[C@]12CCCC[C@@H]1[C@H]2C(=O)N/N=C\c1ccc(-c2cccc(Cl)c2Cl)o1. The van der Waals surface area contributed by atoms with Crippen LogP contribution in [0.4, 0.5) is 0 Å². The van der Waals surface area contributed by atoms with Crippen LogP contribution in [-0.2, 0) is 4.79 Å². The molecule has 3 atom stereocenters. The molecule has 2 fully saturated rings. The predicted octanol–water partition coefficient (Wildman–Crippen LogP) is 5.53. The zero-order valence-corrected chi connectivity index (χ0v) is 16.0. The molecule has 0 radical (unpaired) electrons. The van der Waals surface area contributed by atoms with E-state index < -0.39 is 0 Å². The van der Waals surface area contributed by atoms with E-state index in [9.17, 15) is 4.79 Å². The number of nitrogens with zero attached hydrogens (tertiary/aromatic N) is 1. The number of furan rings is 1. The van der Waals surface area contributed by atoms with Crippen LogP contribution in [0, 0.1) is 17.3 Å². The maximum atomic E-state index is 12.4. The molecule has 1 aromatic carbocycles. The molecule has 2 saturated carbocycles. The molecule has 0 bridgehead atoms. The van der Waals surface area contributed by atoms with Gasteiger partial charge in [-0.15, -0.1) is 0 Å². The van der Waals surface area contributed by atoms with Gasteiger partial charge in [-0.3, -0.25) is 4.79 Å². The third-order valence-corrected chi connectivity index (χ3v) is 6.64. The van der Waals surface area contributed by atoms with Crippen LogP contribution in [0.25, 0.3) is 11.3 Å². The minimum atomic E-state index is 0.0142. The highest BCUT2D eigenvalue weighted by Crippen LogP contribution is 2.66. The summed E-state index contributed by atoms with van der Waals surface area (Å²) in [6.45, 7) is 2.22. The first-order valence-corrected chi connectivity index (χ1v) is 9.63. The van der Waals surface area contributed by atoms with Crippen molar-refractivity contribution in [3.8, 4) is 11.3 Å². The predicted molar refractivity (Wildman–Crippen MR) is 103 cm³/mol. The topological polar surface area (TPSA) is 54.6 Å². The number of nitrogens with one attached hydrogen (secondary N) is 1. The fourth-order valence-electron chi connectivity index (χ4n) is 4.34. The number of carbonyl (C=O) groups excluding carboxylic acids is 1. The Balaban J connectivity index is 1.40. The molecule has 1 amide bonds. The van der Waals surface area contributed by atoms with Crippen LogP contribution < -0.4 is 5.43 Å². The van der Waals surface area contributed by atoms with Gasteiger partial charge in [-0.25, -0.2) is 5.43 Å². The fourth-order valence-corrected chi connectivity index (χ4v) is 4.73. The van der Waals surface area contributed by atoms with E-state index >= 15 is 0 Å². The summed E-state index contributed by atoms with van der Waals surface area (Å²) < 4.78 is 5.73. The first kappa shape index (κ1) is 17.6. The Bertz CT molecular complexity index is 876. The molecule has 2 aromatic rings. The Morgan fingerprint density at radius 1 is 1.31 bits per heavy atom. The fraction of sp³-hybridized carbons (Fsp3) is 0.400. The molecule has 0 spiro atoms. The molecule has 1 N–H and O–H groups in total. The van der Waals surface area contributed by atoms with Crippen molar-refractivity contribution in [2.75, 3.05) is 0 Å². The Labute approximate surface area is 162 Å². The summed E-state index contributed by atoms with van der Waals surface area (Å²) in [5.41, 5.74) is 3.57. The molecule has 0 saturated heterocycles. The summed E-state index contributed by atoms with van der Waals surface area (Å²) in [7, 11) is 0. The van der Waals surface area contributed by atoms with Crippen LogP contribution >= 0.6 is 23.2 Å². The number of halogens is 2. The highest BCUT2D eigenvalue weighted by atomic mass is 35.5. The van der Waals surface area contributed by atoms with Gasteiger partial charge in [-0.05, 0) is 48.4 Å². The van der Waals surface area contributed by atoms with Gasteiger partial charge in [0, 0.05) is 11.5 Å². The minimum Gasteiger partial charge on any atom is -0.455 e. The lowest BCUT2D eigenvalue weighted by molar-refractivity contribution is -0.123. The number of amides is 1. The van der Waals surface area contributed by atoms with Crippen molar-refractivity contribution in [2.45, 2.75) is 32.6 Å². The number of carbonyl (C=O) groups is 1. The van der Waals surface area contributed by atoms with Crippen molar-refractivity contribution >= 4 is 35.3 Å². The summed E-state index contributed by atoms with van der Waals surface area (Å²) in [4.78, 5) is 12.4. The largest absolute Gasteiger partial charge is 0.455 e. The highest BCUT2D eigenvalue weighted by Gasteiger charge is 2.64. The molecule has 136 valence electrons. The molecule has 0 aliphatic heterocycles. The normalized spacial score (nSPS) is 27.3. The van der Waals surface area contributed by atoms with Crippen LogP contribution in [0.3, 0.4) is 0 Å². The van der Waals surface area contributed by atoms with Crippen LogP contribution in [0.15, 0.2) is 39.9 Å². The Kier molecular flexibility index (Phi) is 4.57. The minimum absolute atomic E-state index is 0.0142. The number of hydrogen-bond donors (Lipinski definition) is 1. The quantitative estimate of drug-likeness (QED) is 0.550. The summed E-state index contributed by atoms with van der Waals surface area (Å²) >= 11 is 12.3. The van der Waals surface area contributed by atoms with Gasteiger partial charge in [-0.1, -0.05) is 49.0 Å². The van der Waals surface area contributed by atoms with Crippen LogP contribution in [0.1, 0.15) is 38.4 Å². The third-order valence-electron chi connectivity index (χ3n) is 5.82. The van der Waals surface area contributed by atoms with Crippen molar-refractivity contribution in [2.24, 2.45) is 22.4 Å². The van der Waals surface area contributed by atoms with E-state index in [0.717, 1.165) is 18.4 Å². The van der Waals surface area contributed by atoms with Gasteiger partial charge in [0.05, 0.1) is 16.3 Å². The second kappa shape index (κ2) is 6.75. The average Bonchev–Trinajstić information content (AvgIpc) is 2.99. The number of hydrazone groups is 1. The summed E-state index contributed by atoms with van der Waals surface area (Å²) in [6.07, 6.45) is 6.26. The number of hydrogen-bond acceptors (Lipinski definition) is 3. The van der Waals surface area contributed by atoms with Gasteiger partial charge in [-0.2, -0.15) is 5.10 Å². The van der Waals surface area contributed by atoms with Gasteiger partial charge >= 0.3 is 0 Å². The molecule has 6 heteroatoms. The van der Waals surface area contributed by atoms with Crippen LogP contribution in [0.2, 0.25) is 10.0 Å². The van der Waals surface area contributed by atoms with Crippen molar-refractivity contribution in [3.05, 3.63) is 46.1 Å². The maximum absolute atomic E-state index is 12.4. The second-order valence-electron chi connectivity index (χ2n) is 7.37. The first-order valence-electron chi connectivity index (χ1n) is 8.88. The zero-order chi connectivity index (χ0) is 18.3. The lowest BCUT2D eigenvalue weighted by Crippen LogP contribution is -2.22. The Hall–Kier alpha value is -1.78. The van der Waals surface area contributed by atoms with Gasteiger partial charge in [0.15, 0.2) is 0 Å². The molecule has 2 aliphatic rings. The lowest BCUT2D eigenvalue weighted by atomic mass is 9.90. The first-order chi connectivity index (χ1) is 12.5. The summed E-state index contributed by atoms with van der Waals surface area (Å²) in [6, 6.07) is 8.96. The monoisotopic (exact) mass is 390 g/mol. The van der Waals surface area contributed by atoms with Gasteiger partial charge < -0.3 is 4.42 Å². The Morgan fingerprint density at radius 3 is 2.92 bits per heavy atom. The zero-order valence-electron chi connectivity index (χ0n) is 14.5. The second-order valence-corrected chi connectivity index (χ2v) is 8.16. The van der Waals surface area contributed by atoms with E-state index in [0.29, 0.717) is 27.5 Å². The van der Waals surface area contributed by atoms with E-state index in [1.165, 1.54) is 19.1 Å². The smallest absolute Gasteiger partial charge is 0.244 e.